The minimum atomic E-state index is -0.644. The van der Waals surface area contributed by atoms with Gasteiger partial charge in [0.05, 0.1) is 19.8 Å². The zero-order valence-electron chi connectivity index (χ0n) is 13.7. The summed E-state index contributed by atoms with van der Waals surface area (Å²) in [4.78, 5) is 26.4. The first kappa shape index (κ1) is 17.8. The fourth-order valence-corrected chi connectivity index (χ4v) is 3.83. The van der Waals surface area contributed by atoms with Crippen LogP contribution in [0.25, 0.3) is 10.1 Å². The van der Waals surface area contributed by atoms with E-state index in [1.165, 1.54) is 13.2 Å². The minimum absolute atomic E-state index is 0.0861. The summed E-state index contributed by atoms with van der Waals surface area (Å²) in [5.41, 5.74) is 0.449. The first-order chi connectivity index (χ1) is 12.1. The van der Waals surface area contributed by atoms with Crippen LogP contribution in [0.5, 0.6) is 0 Å². The number of morpholine rings is 1. The highest BCUT2D eigenvalue weighted by atomic mass is 32.1. The number of ether oxygens (including phenoxy) is 3. The number of halogens is 1. The molecule has 0 bridgehead atoms. The molecule has 6 nitrogen and oxygen atoms in total. The number of nitrogens with zero attached hydrogens (tertiary/aromatic N) is 1. The van der Waals surface area contributed by atoms with Crippen molar-refractivity contribution in [3.63, 3.8) is 0 Å². The molecule has 0 radical (unpaired) electrons. The molecule has 0 N–H and O–H groups in total. The largest absolute Gasteiger partial charge is 0.451 e. The summed E-state index contributed by atoms with van der Waals surface area (Å²) in [7, 11) is 1.47. The highest BCUT2D eigenvalue weighted by Crippen LogP contribution is 2.34. The van der Waals surface area contributed by atoms with E-state index in [9.17, 15) is 14.0 Å². The Morgan fingerprint density at radius 3 is 2.80 bits per heavy atom. The maximum absolute atomic E-state index is 14.1. The maximum atomic E-state index is 14.1. The number of carbonyl (C=O) groups is 2. The number of amides is 1. The van der Waals surface area contributed by atoms with E-state index in [0.29, 0.717) is 42.0 Å². The van der Waals surface area contributed by atoms with Gasteiger partial charge in [-0.25, -0.2) is 9.18 Å². The van der Waals surface area contributed by atoms with Crippen LogP contribution in [0.15, 0.2) is 18.2 Å². The molecule has 0 saturated carbocycles. The van der Waals surface area contributed by atoms with Crippen molar-refractivity contribution in [3.8, 4) is 0 Å². The predicted molar refractivity (Wildman–Crippen MR) is 90.2 cm³/mol. The molecule has 1 aromatic carbocycles. The maximum Gasteiger partial charge on any atom is 0.349 e. The van der Waals surface area contributed by atoms with E-state index in [0.717, 1.165) is 11.3 Å². The number of esters is 1. The van der Waals surface area contributed by atoms with Crippen molar-refractivity contribution in [1.82, 2.24) is 4.90 Å². The first-order valence-corrected chi connectivity index (χ1v) is 8.65. The Hall–Kier alpha value is -2.03. The summed E-state index contributed by atoms with van der Waals surface area (Å²) in [6.45, 7) is 1.67. The lowest BCUT2D eigenvalue weighted by molar-refractivity contribution is -0.138. The topological polar surface area (TPSA) is 65.1 Å². The lowest BCUT2D eigenvalue weighted by Crippen LogP contribution is -2.42. The van der Waals surface area contributed by atoms with Crippen LogP contribution in [-0.2, 0) is 25.6 Å². The average Bonchev–Trinajstić information content (AvgIpc) is 3.00. The number of fused-ring (bicyclic) bond motifs is 1. The smallest absolute Gasteiger partial charge is 0.349 e. The van der Waals surface area contributed by atoms with E-state index >= 15 is 0 Å². The molecule has 1 aliphatic rings. The molecule has 1 aliphatic heterocycles. The van der Waals surface area contributed by atoms with Gasteiger partial charge in [-0.3, -0.25) is 4.79 Å². The van der Waals surface area contributed by atoms with E-state index in [-0.39, 0.29) is 24.0 Å². The third kappa shape index (κ3) is 3.81. The SMILES string of the molecule is COCc1c(C(=O)OCC(=O)N2CCOCC2)sc2cccc(F)c12. The molecule has 3 rings (SSSR count). The normalized spacial score (nSPS) is 14.7. The molecule has 0 atom stereocenters. The van der Waals surface area contributed by atoms with E-state index in [4.69, 9.17) is 14.2 Å². The minimum Gasteiger partial charge on any atom is -0.451 e. The van der Waals surface area contributed by atoms with Gasteiger partial charge in [0.25, 0.3) is 5.91 Å². The standard InChI is InChI=1S/C17H18FNO5S/c1-22-9-11-15-12(18)3-2-4-13(15)25-16(11)17(21)24-10-14(20)19-5-7-23-8-6-19/h2-4H,5-10H2,1H3. The second kappa shape index (κ2) is 7.90. The predicted octanol–water partition coefficient (Wildman–Crippen LogP) is 2.20. The molecule has 25 heavy (non-hydrogen) atoms. The molecule has 8 heteroatoms. The first-order valence-electron chi connectivity index (χ1n) is 7.83. The van der Waals surface area contributed by atoms with Gasteiger partial charge in [0.2, 0.25) is 0 Å². The van der Waals surface area contributed by atoms with Gasteiger partial charge in [-0.05, 0) is 12.1 Å². The molecule has 0 unspecified atom stereocenters. The van der Waals surface area contributed by atoms with E-state index < -0.39 is 11.8 Å². The molecule has 1 aromatic heterocycles. The third-order valence-electron chi connectivity index (χ3n) is 3.93. The van der Waals surface area contributed by atoms with Gasteiger partial charge >= 0.3 is 5.97 Å². The van der Waals surface area contributed by atoms with Crippen molar-refractivity contribution in [2.75, 3.05) is 40.0 Å². The highest BCUT2D eigenvalue weighted by molar-refractivity contribution is 7.21. The molecule has 2 heterocycles. The lowest BCUT2D eigenvalue weighted by Gasteiger charge is -2.26. The monoisotopic (exact) mass is 367 g/mol. The number of benzene rings is 1. The van der Waals surface area contributed by atoms with Gasteiger partial charge in [-0.1, -0.05) is 6.07 Å². The van der Waals surface area contributed by atoms with Crippen molar-refractivity contribution in [3.05, 3.63) is 34.5 Å². The Morgan fingerprint density at radius 2 is 2.08 bits per heavy atom. The molecule has 1 saturated heterocycles. The van der Waals surface area contributed by atoms with Gasteiger partial charge in [0.1, 0.15) is 10.7 Å². The van der Waals surface area contributed by atoms with Crippen LogP contribution in [0, 0.1) is 5.82 Å². The molecule has 0 spiro atoms. The zero-order valence-corrected chi connectivity index (χ0v) is 14.6. The van der Waals surface area contributed by atoms with Gasteiger partial charge in [-0.2, -0.15) is 0 Å². The Morgan fingerprint density at radius 1 is 1.32 bits per heavy atom. The van der Waals surface area contributed by atoms with E-state index in [2.05, 4.69) is 0 Å². The van der Waals surface area contributed by atoms with Crippen molar-refractivity contribution < 1.29 is 28.2 Å². The van der Waals surface area contributed by atoms with E-state index in [1.54, 1.807) is 17.0 Å². The summed E-state index contributed by atoms with van der Waals surface area (Å²) < 4.78 is 30.2. The van der Waals surface area contributed by atoms with Crippen LogP contribution >= 0.6 is 11.3 Å². The molecular formula is C17H18FNO5S. The second-order valence-corrected chi connectivity index (χ2v) is 6.58. The molecule has 1 fully saturated rings. The van der Waals surface area contributed by atoms with Gasteiger partial charge in [0.15, 0.2) is 6.61 Å². The van der Waals surface area contributed by atoms with Crippen LogP contribution < -0.4 is 0 Å². The summed E-state index contributed by atoms with van der Waals surface area (Å²) in [6, 6.07) is 4.66. The summed E-state index contributed by atoms with van der Waals surface area (Å²) in [6.07, 6.45) is 0. The number of methoxy groups -OCH3 is 1. The Balaban J connectivity index is 1.76. The molecule has 2 aromatic rings. The second-order valence-electron chi connectivity index (χ2n) is 5.53. The fraction of sp³-hybridized carbons (Fsp3) is 0.412. The number of rotatable bonds is 5. The van der Waals surface area contributed by atoms with Crippen LogP contribution in [0.4, 0.5) is 4.39 Å². The van der Waals surface area contributed by atoms with Crippen LogP contribution in [0.3, 0.4) is 0 Å². The summed E-state index contributed by atoms with van der Waals surface area (Å²) in [5.74, 6) is -1.32. The number of thiophene rings is 1. The van der Waals surface area contributed by atoms with Gasteiger partial charge in [-0.15, -0.1) is 11.3 Å². The Labute approximate surface area is 148 Å². The van der Waals surface area contributed by atoms with Crippen molar-refractivity contribution in [1.29, 1.82) is 0 Å². The van der Waals surface area contributed by atoms with Crippen molar-refractivity contribution in [2.45, 2.75) is 6.61 Å². The average molecular weight is 367 g/mol. The van der Waals surface area contributed by atoms with E-state index in [1.807, 2.05) is 0 Å². The number of hydrogen-bond acceptors (Lipinski definition) is 6. The van der Waals surface area contributed by atoms with Crippen LogP contribution in [0.1, 0.15) is 15.2 Å². The van der Waals surface area contributed by atoms with Crippen LogP contribution in [-0.4, -0.2) is 56.8 Å². The summed E-state index contributed by atoms with van der Waals surface area (Å²) >= 11 is 1.13. The number of hydrogen-bond donors (Lipinski definition) is 0. The van der Waals surface area contributed by atoms with Gasteiger partial charge < -0.3 is 19.1 Å². The Kier molecular flexibility index (Phi) is 5.62. The van der Waals surface area contributed by atoms with Crippen molar-refractivity contribution in [2.24, 2.45) is 0 Å². The summed E-state index contributed by atoms with van der Waals surface area (Å²) in [5, 5.41) is 0.362. The fourth-order valence-electron chi connectivity index (χ4n) is 2.71. The van der Waals surface area contributed by atoms with Crippen LogP contribution in [0.2, 0.25) is 0 Å². The zero-order chi connectivity index (χ0) is 17.8. The number of carbonyl (C=O) groups excluding carboxylic acids is 2. The lowest BCUT2D eigenvalue weighted by atomic mass is 10.1. The third-order valence-corrected chi connectivity index (χ3v) is 5.11. The molecular weight excluding hydrogens is 349 g/mol. The quantitative estimate of drug-likeness (QED) is 0.758. The van der Waals surface area contributed by atoms with Gasteiger partial charge in [0, 0.05) is 35.8 Å². The molecule has 0 aliphatic carbocycles. The Bertz CT molecular complexity index is 785. The highest BCUT2D eigenvalue weighted by Gasteiger charge is 2.24. The van der Waals surface area contributed by atoms with Crippen molar-refractivity contribution >= 4 is 33.3 Å². The molecule has 1 amide bonds. The molecule has 134 valence electrons.